The van der Waals surface area contributed by atoms with Crippen molar-refractivity contribution < 1.29 is 9.90 Å². The molecule has 1 fully saturated rings. The number of nitrogens with zero attached hydrogens (tertiary/aromatic N) is 3. The first-order chi connectivity index (χ1) is 9.50. The summed E-state index contributed by atoms with van der Waals surface area (Å²) in [6.45, 7) is 6.53. The van der Waals surface area contributed by atoms with Crippen molar-refractivity contribution in [3.63, 3.8) is 0 Å². The minimum atomic E-state index is -0.647. The standard InChI is InChI=1S/C15H25N3O2/c1-4-13-12(9-17(3)16-13)10-18-8-6-7-15(5-2,11-18)14(19)20/h9H,4-8,10-11H2,1-3H3,(H,19,20). The molecule has 5 heteroatoms. The lowest BCUT2D eigenvalue weighted by Gasteiger charge is -2.39. The molecule has 0 amide bonds. The molecule has 0 saturated carbocycles. The SMILES string of the molecule is CCc1nn(C)cc1CN1CCCC(CC)(C(=O)O)C1. The fourth-order valence-corrected chi connectivity index (χ4v) is 3.23. The number of aryl methyl sites for hydroxylation is 2. The van der Waals surface area contributed by atoms with Crippen LogP contribution in [0.1, 0.15) is 44.4 Å². The van der Waals surface area contributed by atoms with Gasteiger partial charge in [0.25, 0.3) is 0 Å². The molecule has 0 aliphatic carbocycles. The van der Waals surface area contributed by atoms with E-state index >= 15 is 0 Å². The van der Waals surface area contributed by atoms with E-state index in [1.165, 1.54) is 5.56 Å². The summed E-state index contributed by atoms with van der Waals surface area (Å²) < 4.78 is 1.85. The van der Waals surface area contributed by atoms with Gasteiger partial charge in [-0.05, 0) is 32.2 Å². The number of hydrogen-bond donors (Lipinski definition) is 1. The lowest BCUT2D eigenvalue weighted by Crippen LogP contribution is -2.47. The van der Waals surface area contributed by atoms with E-state index in [1.54, 1.807) is 0 Å². The number of aromatic nitrogens is 2. The first-order valence-electron chi connectivity index (χ1n) is 7.48. The Kier molecular flexibility index (Phi) is 4.48. The molecular formula is C15H25N3O2. The highest BCUT2D eigenvalue weighted by Crippen LogP contribution is 2.34. The summed E-state index contributed by atoms with van der Waals surface area (Å²) in [4.78, 5) is 13.9. The first kappa shape index (κ1) is 15.0. The molecule has 1 aliphatic heterocycles. The van der Waals surface area contributed by atoms with E-state index in [-0.39, 0.29) is 0 Å². The van der Waals surface area contributed by atoms with Crippen LogP contribution < -0.4 is 0 Å². The second kappa shape index (κ2) is 5.95. The number of hydrogen-bond acceptors (Lipinski definition) is 3. The maximum Gasteiger partial charge on any atom is 0.310 e. The number of aliphatic carboxylic acids is 1. The minimum Gasteiger partial charge on any atom is -0.481 e. The van der Waals surface area contributed by atoms with Gasteiger partial charge in [-0.3, -0.25) is 14.4 Å². The molecule has 2 heterocycles. The summed E-state index contributed by atoms with van der Waals surface area (Å²) in [6.07, 6.45) is 5.43. The maximum absolute atomic E-state index is 11.6. The third-order valence-corrected chi connectivity index (χ3v) is 4.51. The van der Waals surface area contributed by atoms with Gasteiger partial charge in [-0.15, -0.1) is 0 Å². The highest BCUT2D eigenvalue weighted by Gasteiger charge is 2.40. The predicted molar refractivity (Wildman–Crippen MR) is 77.5 cm³/mol. The van der Waals surface area contributed by atoms with Gasteiger partial charge in [-0.2, -0.15) is 5.10 Å². The Morgan fingerprint density at radius 3 is 2.85 bits per heavy atom. The Labute approximate surface area is 120 Å². The van der Waals surface area contributed by atoms with Crippen LogP contribution in [0.4, 0.5) is 0 Å². The molecule has 0 radical (unpaired) electrons. The van der Waals surface area contributed by atoms with Crippen molar-refractivity contribution in [1.82, 2.24) is 14.7 Å². The lowest BCUT2D eigenvalue weighted by molar-refractivity contribution is -0.153. The molecule has 5 nitrogen and oxygen atoms in total. The van der Waals surface area contributed by atoms with E-state index in [1.807, 2.05) is 18.7 Å². The van der Waals surface area contributed by atoms with E-state index in [0.717, 1.165) is 38.0 Å². The second-order valence-electron chi connectivity index (χ2n) is 5.88. The second-order valence-corrected chi connectivity index (χ2v) is 5.88. The monoisotopic (exact) mass is 279 g/mol. The number of carboxylic acids is 1. The predicted octanol–water partition coefficient (Wildman–Crippen LogP) is 2.06. The van der Waals surface area contributed by atoms with Crippen molar-refractivity contribution in [3.8, 4) is 0 Å². The number of carbonyl (C=O) groups is 1. The highest BCUT2D eigenvalue weighted by atomic mass is 16.4. The maximum atomic E-state index is 11.6. The van der Waals surface area contributed by atoms with E-state index in [4.69, 9.17) is 0 Å². The van der Waals surface area contributed by atoms with Crippen LogP contribution in [-0.4, -0.2) is 38.8 Å². The molecule has 1 atom stereocenters. The van der Waals surface area contributed by atoms with Crippen LogP contribution in [0.15, 0.2) is 6.20 Å². The molecule has 20 heavy (non-hydrogen) atoms. The number of carboxylic acid groups (broad SMARTS) is 1. The van der Waals surface area contributed by atoms with E-state index in [2.05, 4.69) is 23.1 Å². The van der Waals surface area contributed by atoms with Gasteiger partial charge < -0.3 is 5.11 Å². The van der Waals surface area contributed by atoms with Crippen LogP contribution in [0.25, 0.3) is 0 Å². The molecule has 1 unspecified atom stereocenters. The molecule has 1 N–H and O–H groups in total. The number of piperidine rings is 1. The van der Waals surface area contributed by atoms with Crippen LogP contribution in [0.2, 0.25) is 0 Å². The summed E-state index contributed by atoms with van der Waals surface area (Å²) in [7, 11) is 1.94. The molecule has 0 aromatic carbocycles. The van der Waals surface area contributed by atoms with Crippen LogP contribution in [0.3, 0.4) is 0 Å². The molecule has 1 saturated heterocycles. The molecule has 112 valence electrons. The van der Waals surface area contributed by atoms with E-state index < -0.39 is 11.4 Å². The van der Waals surface area contributed by atoms with Gasteiger partial charge in [-0.25, -0.2) is 0 Å². The largest absolute Gasteiger partial charge is 0.481 e. The van der Waals surface area contributed by atoms with Crippen LogP contribution >= 0.6 is 0 Å². The van der Waals surface area contributed by atoms with Crippen LogP contribution in [0.5, 0.6) is 0 Å². The average Bonchev–Trinajstić information content (AvgIpc) is 2.78. The van der Waals surface area contributed by atoms with Crippen LogP contribution in [0, 0.1) is 5.41 Å². The van der Waals surface area contributed by atoms with Gasteiger partial charge >= 0.3 is 5.97 Å². The van der Waals surface area contributed by atoms with E-state index in [9.17, 15) is 9.90 Å². The fourth-order valence-electron chi connectivity index (χ4n) is 3.23. The minimum absolute atomic E-state index is 0.563. The quantitative estimate of drug-likeness (QED) is 0.896. The molecule has 1 aromatic heterocycles. The van der Waals surface area contributed by atoms with Gasteiger partial charge in [0.05, 0.1) is 11.1 Å². The number of rotatable bonds is 5. The summed E-state index contributed by atoms with van der Waals surface area (Å²) in [5, 5.41) is 14.0. The van der Waals surface area contributed by atoms with E-state index in [0.29, 0.717) is 13.0 Å². The summed E-state index contributed by atoms with van der Waals surface area (Å²) in [5.41, 5.74) is 1.79. The number of likely N-dealkylation sites (tertiary alicyclic amines) is 1. The van der Waals surface area contributed by atoms with Crippen molar-refractivity contribution in [2.75, 3.05) is 13.1 Å². The van der Waals surface area contributed by atoms with Gasteiger partial charge in [0.2, 0.25) is 0 Å². The van der Waals surface area contributed by atoms with Crippen molar-refractivity contribution in [1.29, 1.82) is 0 Å². The fraction of sp³-hybridized carbons (Fsp3) is 0.733. The van der Waals surface area contributed by atoms with Gasteiger partial charge in [0.1, 0.15) is 0 Å². The zero-order valence-corrected chi connectivity index (χ0v) is 12.7. The molecule has 0 bridgehead atoms. The van der Waals surface area contributed by atoms with Crippen LogP contribution in [-0.2, 0) is 24.8 Å². The highest BCUT2D eigenvalue weighted by molar-refractivity contribution is 5.75. The van der Waals surface area contributed by atoms with Crippen molar-refractivity contribution >= 4 is 5.97 Å². The van der Waals surface area contributed by atoms with Crippen molar-refractivity contribution in [2.45, 2.75) is 46.1 Å². The topological polar surface area (TPSA) is 58.4 Å². The molecule has 0 spiro atoms. The molecule has 1 aromatic rings. The zero-order valence-electron chi connectivity index (χ0n) is 12.7. The Morgan fingerprint density at radius 1 is 1.50 bits per heavy atom. The smallest absolute Gasteiger partial charge is 0.310 e. The lowest BCUT2D eigenvalue weighted by atomic mass is 9.77. The molecule has 2 rings (SSSR count). The Bertz CT molecular complexity index is 483. The normalized spacial score (nSPS) is 23.9. The van der Waals surface area contributed by atoms with Crippen molar-refractivity contribution in [3.05, 3.63) is 17.5 Å². The van der Waals surface area contributed by atoms with Gasteiger partial charge in [0.15, 0.2) is 0 Å². The first-order valence-corrected chi connectivity index (χ1v) is 7.48. The Balaban J connectivity index is 2.11. The third-order valence-electron chi connectivity index (χ3n) is 4.51. The molecular weight excluding hydrogens is 254 g/mol. The summed E-state index contributed by atoms with van der Waals surface area (Å²) in [6, 6.07) is 0. The van der Waals surface area contributed by atoms with Crippen molar-refractivity contribution in [2.24, 2.45) is 12.5 Å². The Morgan fingerprint density at radius 2 is 2.25 bits per heavy atom. The Hall–Kier alpha value is -1.36. The van der Waals surface area contributed by atoms with Gasteiger partial charge in [-0.1, -0.05) is 13.8 Å². The summed E-state index contributed by atoms with van der Waals surface area (Å²) >= 11 is 0. The summed E-state index contributed by atoms with van der Waals surface area (Å²) in [5.74, 6) is -0.647. The zero-order chi connectivity index (χ0) is 14.8. The molecule has 1 aliphatic rings. The van der Waals surface area contributed by atoms with Gasteiger partial charge in [0, 0.05) is 31.9 Å². The average molecular weight is 279 g/mol. The third kappa shape index (κ3) is 2.87.